The maximum absolute atomic E-state index is 13.3. The molecular weight excluding hydrogens is 486 g/mol. The Morgan fingerprint density at radius 3 is 2.28 bits per heavy atom. The zero-order valence-electron chi connectivity index (χ0n) is 18.5. The Morgan fingerprint density at radius 1 is 0.861 bits per heavy atom. The van der Waals surface area contributed by atoms with Crippen molar-refractivity contribution < 1.29 is 19.1 Å². The van der Waals surface area contributed by atoms with Crippen LogP contribution in [0.2, 0.25) is 5.28 Å². The molecule has 0 spiro atoms. The van der Waals surface area contributed by atoms with Gasteiger partial charge in [0.15, 0.2) is 24.7 Å². The van der Waals surface area contributed by atoms with Crippen LogP contribution in [0, 0.1) is 10.1 Å². The van der Waals surface area contributed by atoms with Crippen LogP contribution in [-0.2, 0) is 6.54 Å². The fraction of sp³-hybridized carbons (Fsp3) is 0.0833. The van der Waals surface area contributed by atoms with Gasteiger partial charge in [-0.05, 0) is 23.7 Å². The van der Waals surface area contributed by atoms with E-state index in [9.17, 15) is 19.7 Å². The number of halogens is 1. The number of anilines is 3. The van der Waals surface area contributed by atoms with Crippen LogP contribution in [0.1, 0.15) is 31.8 Å². The van der Waals surface area contributed by atoms with E-state index in [1.807, 2.05) is 35.2 Å². The van der Waals surface area contributed by atoms with Gasteiger partial charge in [-0.25, -0.2) is 4.57 Å². The molecule has 178 valence electrons. The summed E-state index contributed by atoms with van der Waals surface area (Å²) in [6.45, 7) is 1.17. The molecule has 0 atom stereocenters. The first kappa shape index (κ1) is 23.0. The maximum Gasteiger partial charge on any atom is 0.281 e. The summed E-state index contributed by atoms with van der Waals surface area (Å²) in [4.78, 5) is 49.7. The average Bonchev–Trinajstić information content (AvgIpc) is 2.87. The van der Waals surface area contributed by atoms with Crippen LogP contribution in [0.25, 0.3) is 0 Å². The second-order valence-electron chi connectivity index (χ2n) is 7.76. The fourth-order valence-corrected chi connectivity index (χ4v) is 4.13. The van der Waals surface area contributed by atoms with Crippen molar-refractivity contribution in [2.45, 2.75) is 6.54 Å². The number of hydrogen-bond donors (Lipinski definition) is 2. The number of aromatic nitrogens is 4. The van der Waals surface area contributed by atoms with Gasteiger partial charge in [0.25, 0.3) is 5.69 Å². The van der Waals surface area contributed by atoms with E-state index in [1.54, 1.807) is 12.1 Å². The minimum Gasteiger partial charge on any atom is -0.348 e. The monoisotopic (exact) mass is 502 g/mol. The topological polar surface area (TPSA) is 144 Å². The number of benzene rings is 2. The first-order valence-corrected chi connectivity index (χ1v) is 11.2. The van der Waals surface area contributed by atoms with E-state index in [0.29, 0.717) is 13.1 Å². The van der Waals surface area contributed by atoms with Crippen molar-refractivity contribution in [1.29, 1.82) is 0 Å². The standard InChI is InChI=1S/C24H16ClN7O4/c25-22-28-23(26-10-13-31-11-2-1-3-12-31)30-24(29-22)27-16-8-4-6-14-18(16)20(33)15-7-5-9-17(32(35)36)19(15)21(14)34/h1-9,11-12H,10,13H2,(H-,26,27,28,29,30,33)/p+1. The lowest BCUT2D eigenvalue weighted by molar-refractivity contribution is -0.694. The molecule has 0 amide bonds. The van der Waals surface area contributed by atoms with Gasteiger partial charge in [-0.15, -0.1) is 0 Å². The van der Waals surface area contributed by atoms with Crippen molar-refractivity contribution in [2.24, 2.45) is 0 Å². The molecule has 2 heterocycles. The Kier molecular flexibility index (Phi) is 6.05. The second kappa shape index (κ2) is 9.47. The summed E-state index contributed by atoms with van der Waals surface area (Å²) in [6.07, 6.45) is 3.86. The molecule has 4 aromatic rings. The Labute approximate surface area is 209 Å². The van der Waals surface area contributed by atoms with Gasteiger partial charge in [0.1, 0.15) is 5.56 Å². The zero-order valence-corrected chi connectivity index (χ0v) is 19.3. The quantitative estimate of drug-likeness (QED) is 0.194. The first-order chi connectivity index (χ1) is 17.4. The summed E-state index contributed by atoms with van der Waals surface area (Å²) in [7, 11) is 0. The van der Waals surface area contributed by atoms with Crippen LogP contribution >= 0.6 is 11.6 Å². The van der Waals surface area contributed by atoms with Crippen LogP contribution in [0.5, 0.6) is 0 Å². The molecule has 1 aliphatic carbocycles. The number of carbonyl (C=O) groups excluding carboxylic acids is 2. The van der Waals surface area contributed by atoms with Gasteiger partial charge < -0.3 is 10.6 Å². The van der Waals surface area contributed by atoms with Crippen LogP contribution < -0.4 is 15.2 Å². The summed E-state index contributed by atoms with van der Waals surface area (Å²) in [5, 5.41) is 17.4. The predicted molar refractivity (Wildman–Crippen MR) is 130 cm³/mol. The number of carbonyl (C=O) groups is 2. The second-order valence-corrected chi connectivity index (χ2v) is 8.10. The van der Waals surface area contributed by atoms with Crippen molar-refractivity contribution in [3.63, 3.8) is 0 Å². The number of hydrogen-bond acceptors (Lipinski definition) is 9. The van der Waals surface area contributed by atoms with Crippen molar-refractivity contribution in [2.75, 3.05) is 17.2 Å². The fourth-order valence-electron chi connectivity index (χ4n) is 3.97. The Morgan fingerprint density at radius 2 is 1.53 bits per heavy atom. The van der Waals surface area contributed by atoms with E-state index < -0.39 is 22.2 Å². The molecule has 1 aliphatic rings. The SMILES string of the molecule is O=C1c2cccc([N+](=O)[O-])c2C(=O)c2cccc(Nc3nc(Cl)nc(NCC[n+]4ccccc4)n3)c21. The largest absolute Gasteiger partial charge is 0.348 e. The number of pyridine rings is 1. The maximum atomic E-state index is 13.3. The molecule has 2 N–H and O–H groups in total. The predicted octanol–water partition coefficient (Wildman–Crippen LogP) is 3.35. The highest BCUT2D eigenvalue weighted by atomic mass is 35.5. The molecule has 12 heteroatoms. The lowest BCUT2D eigenvalue weighted by atomic mass is 9.82. The Hall–Kier alpha value is -4.77. The molecule has 2 aromatic heterocycles. The van der Waals surface area contributed by atoms with Crippen molar-refractivity contribution in [3.8, 4) is 0 Å². The Bertz CT molecular complexity index is 1530. The van der Waals surface area contributed by atoms with E-state index in [-0.39, 0.29) is 45.1 Å². The molecule has 0 aliphatic heterocycles. The molecule has 0 bridgehead atoms. The van der Waals surface area contributed by atoms with Gasteiger partial charge in [-0.2, -0.15) is 15.0 Å². The van der Waals surface area contributed by atoms with Crippen molar-refractivity contribution in [3.05, 3.63) is 105 Å². The molecule has 0 saturated heterocycles. The van der Waals surface area contributed by atoms with E-state index in [0.717, 1.165) is 0 Å². The first-order valence-electron chi connectivity index (χ1n) is 10.8. The average molecular weight is 503 g/mol. The third-order valence-electron chi connectivity index (χ3n) is 5.53. The number of rotatable bonds is 7. The number of nitrogens with zero attached hydrogens (tertiary/aromatic N) is 5. The van der Waals surface area contributed by atoms with Gasteiger partial charge in [0.2, 0.25) is 23.0 Å². The van der Waals surface area contributed by atoms with Crippen LogP contribution in [0.3, 0.4) is 0 Å². The van der Waals surface area contributed by atoms with Gasteiger partial charge in [-0.3, -0.25) is 19.7 Å². The minimum atomic E-state index is -0.672. The van der Waals surface area contributed by atoms with Crippen molar-refractivity contribution >= 4 is 46.4 Å². The molecule has 0 saturated carbocycles. The number of nitro groups is 1. The highest BCUT2D eigenvalue weighted by Crippen LogP contribution is 2.36. The van der Waals surface area contributed by atoms with E-state index in [2.05, 4.69) is 25.6 Å². The summed E-state index contributed by atoms with van der Waals surface area (Å²) < 4.78 is 1.98. The molecule has 0 unspecified atom stereocenters. The van der Waals surface area contributed by atoms with E-state index >= 15 is 0 Å². The van der Waals surface area contributed by atoms with Gasteiger partial charge >= 0.3 is 0 Å². The third-order valence-corrected chi connectivity index (χ3v) is 5.70. The highest BCUT2D eigenvalue weighted by Gasteiger charge is 2.36. The number of fused-ring (bicyclic) bond motifs is 2. The van der Waals surface area contributed by atoms with Crippen LogP contribution in [0.4, 0.5) is 23.3 Å². The van der Waals surface area contributed by atoms with Gasteiger partial charge in [-0.1, -0.05) is 24.3 Å². The molecular formula is C24H17ClN7O4+. The van der Waals surface area contributed by atoms with Gasteiger partial charge in [0, 0.05) is 29.3 Å². The van der Waals surface area contributed by atoms with Crippen LogP contribution in [0.15, 0.2) is 67.0 Å². The van der Waals surface area contributed by atoms with E-state index in [4.69, 9.17) is 11.6 Å². The smallest absolute Gasteiger partial charge is 0.281 e. The third kappa shape index (κ3) is 4.34. The highest BCUT2D eigenvalue weighted by molar-refractivity contribution is 6.31. The molecule has 5 rings (SSSR count). The molecule has 11 nitrogen and oxygen atoms in total. The van der Waals surface area contributed by atoms with Crippen LogP contribution in [-0.4, -0.2) is 38.0 Å². The molecule has 36 heavy (non-hydrogen) atoms. The lowest BCUT2D eigenvalue weighted by Gasteiger charge is -2.20. The normalized spacial score (nSPS) is 12.0. The zero-order chi connectivity index (χ0) is 25.2. The number of nitro benzene ring substituents is 1. The Balaban J connectivity index is 1.43. The lowest BCUT2D eigenvalue weighted by Crippen LogP contribution is -2.36. The number of ketones is 2. The molecule has 0 fully saturated rings. The number of nitrogens with one attached hydrogen (secondary N) is 2. The minimum absolute atomic E-state index is 0.0367. The molecule has 2 aromatic carbocycles. The molecule has 0 radical (unpaired) electrons. The van der Waals surface area contributed by atoms with Gasteiger partial charge in [0.05, 0.1) is 22.7 Å². The summed E-state index contributed by atoms with van der Waals surface area (Å²) in [6, 6.07) is 14.3. The summed E-state index contributed by atoms with van der Waals surface area (Å²) in [5.74, 6) is -0.847. The summed E-state index contributed by atoms with van der Waals surface area (Å²) in [5.41, 5.74) is -0.291. The van der Waals surface area contributed by atoms with E-state index in [1.165, 1.54) is 24.3 Å². The van der Waals surface area contributed by atoms with Crippen molar-refractivity contribution in [1.82, 2.24) is 15.0 Å². The summed E-state index contributed by atoms with van der Waals surface area (Å²) >= 11 is 6.09.